The second-order valence-electron chi connectivity index (χ2n) is 4.77. The summed E-state index contributed by atoms with van der Waals surface area (Å²) in [5, 5.41) is 7.88. The van der Waals surface area contributed by atoms with E-state index in [0.29, 0.717) is 17.0 Å². The van der Waals surface area contributed by atoms with E-state index < -0.39 is 9.84 Å². The van der Waals surface area contributed by atoms with Crippen LogP contribution in [0.15, 0.2) is 52.5 Å². The molecule has 0 atom stereocenters. The van der Waals surface area contributed by atoms with Gasteiger partial charge in [0.1, 0.15) is 10.6 Å². The van der Waals surface area contributed by atoms with Gasteiger partial charge >= 0.3 is 0 Å². The van der Waals surface area contributed by atoms with Crippen molar-refractivity contribution >= 4 is 9.84 Å². The Labute approximate surface area is 121 Å². The predicted molar refractivity (Wildman–Crippen MR) is 74.8 cm³/mol. The van der Waals surface area contributed by atoms with Crippen molar-refractivity contribution in [3.8, 4) is 16.9 Å². The fourth-order valence-corrected chi connectivity index (χ4v) is 4.29. The molecule has 0 saturated heterocycles. The molecule has 1 aliphatic rings. The molecular weight excluding hydrogens is 288 g/mol. The number of fused-ring (bicyclic) bond motifs is 3. The van der Waals surface area contributed by atoms with Gasteiger partial charge in [-0.15, -0.1) is 5.10 Å². The highest BCUT2D eigenvalue weighted by atomic mass is 32.2. The first kappa shape index (κ1) is 12.2. The molecule has 2 aromatic heterocycles. The van der Waals surface area contributed by atoms with Crippen LogP contribution in [0.1, 0.15) is 5.69 Å². The van der Waals surface area contributed by atoms with E-state index >= 15 is 0 Å². The molecule has 4 rings (SSSR count). The van der Waals surface area contributed by atoms with Crippen molar-refractivity contribution < 1.29 is 8.42 Å². The quantitative estimate of drug-likeness (QED) is 0.535. The lowest BCUT2D eigenvalue weighted by atomic mass is 10.2. The maximum Gasteiger partial charge on any atom is 0.230 e. The van der Waals surface area contributed by atoms with Crippen LogP contribution in [0.2, 0.25) is 0 Å². The van der Waals surface area contributed by atoms with Gasteiger partial charge in [-0.2, -0.15) is 0 Å². The van der Waals surface area contributed by atoms with E-state index in [9.17, 15) is 8.42 Å². The highest BCUT2D eigenvalue weighted by Crippen LogP contribution is 2.43. The first-order valence-corrected chi connectivity index (χ1v) is 7.81. The lowest BCUT2D eigenvalue weighted by Gasteiger charge is -2.05. The van der Waals surface area contributed by atoms with Crippen LogP contribution in [0.25, 0.3) is 16.9 Å². The van der Waals surface area contributed by atoms with Gasteiger partial charge in [0.15, 0.2) is 0 Å². The number of aryl methyl sites for hydroxylation is 1. The molecule has 0 fully saturated rings. The molecule has 104 valence electrons. The molecule has 0 saturated carbocycles. The summed E-state index contributed by atoms with van der Waals surface area (Å²) in [6, 6.07) is 11.0. The molecule has 0 radical (unpaired) electrons. The van der Waals surface area contributed by atoms with E-state index in [1.807, 2.05) is 30.3 Å². The summed E-state index contributed by atoms with van der Waals surface area (Å²) in [6.45, 7) is 1.68. The third-order valence-electron chi connectivity index (χ3n) is 3.50. The average Bonchev–Trinajstić information content (AvgIpc) is 3.01. The zero-order valence-electron chi connectivity index (χ0n) is 11.1. The van der Waals surface area contributed by atoms with Crippen LogP contribution in [-0.2, 0) is 9.84 Å². The second kappa shape index (κ2) is 3.98. The SMILES string of the molecule is Cc1nccc2c1S(=O)(=O)c1nnn(-c3ccccc3)c1-2. The number of sulfone groups is 1. The van der Waals surface area contributed by atoms with Crippen LogP contribution in [0.4, 0.5) is 0 Å². The van der Waals surface area contributed by atoms with Gasteiger partial charge in [0.05, 0.1) is 11.4 Å². The average molecular weight is 298 g/mol. The van der Waals surface area contributed by atoms with Crippen molar-refractivity contribution in [3.63, 3.8) is 0 Å². The minimum atomic E-state index is -3.64. The Balaban J connectivity index is 2.11. The minimum absolute atomic E-state index is 0.00236. The monoisotopic (exact) mass is 298 g/mol. The molecular formula is C14H10N4O2S. The first-order valence-electron chi connectivity index (χ1n) is 6.33. The van der Waals surface area contributed by atoms with Crippen LogP contribution in [0, 0.1) is 6.92 Å². The van der Waals surface area contributed by atoms with E-state index in [-0.39, 0.29) is 9.92 Å². The highest BCUT2D eigenvalue weighted by Gasteiger charge is 2.40. The molecule has 1 aromatic carbocycles. The van der Waals surface area contributed by atoms with Gasteiger partial charge in [0.2, 0.25) is 14.9 Å². The first-order chi connectivity index (χ1) is 10.1. The Bertz CT molecular complexity index is 962. The number of rotatable bonds is 1. The second-order valence-corrected chi connectivity index (χ2v) is 6.57. The molecule has 0 amide bonds. The Kier molecular flexibility index (Phi) is 2.32. The number of hydrogen-bond acceptors (Lipinski definition) is 5. The molecule has 0 bridgehead atoms. The fourth-order valence-electron chi connectivity index (χ4n) is 2.60. The molecule has 0 N–H and O–H groups in total. The fraction of sp³-hybridized carbons (Fsp3) is 0.0714. The molecule has 0 aliphatic carbocycles. The van der Waals surface area contributed by atoms with Crippen LogP contribution >= 0.6 is 0 Å². The molecule has 21 heavy (non-hydrogen) atoms. The molecule has 1 aliphatic heterocycles. The van der Waals surface area contributed by atoms with Gasteiger partial charge in [-0.05, 0) is 25.1 Å². The summed E-state index contributed by atoms with van der Waals surface area (Å²) in [4.78, 5) is 4.31. The smallest absolute Gasteiger partial charge is 0.230 e. The zero-order valence-corrected chi connectivity index (χ0v) is 11.9. The molecule has 3 aromatic rings. The molecule has 7 heteroatoms. The number of benzene rings is 1. The van der Waals surface area contributed by atoms with Crippen LogP contribution in [0.5, 0.6) is 0 Å². The maximum absolute atomic E-state index is 12.6. The van der Waals surface area contributed by atoms with Crippen molar-refractivity contribution in [1.29, 1.82) is 0 Å². The summed E-state index contributed by atoms with van der Waals surface area (Å²) in [7, 11) is -3.64. The van der Waals surface area contributed by atoms with Gasteiger partial charge in [-0.3, -0.25) is 4.98 Å². The third kappa shape index (κ3) is 1.52. The van der Waals surface area contributed by atoms with Crippen molar-refractivity contribution in [2.24, 2.45) is 0 Å². The number of nitrogens with zero attached hydrogens (tertiary/aromatic N) is 4. The van der Waals surface area contributed by atoms with Gasteiger partial charge in [-0.25, -0.2) is 13.1 Å². The Morgan fingerprint density at radius 1 is 1.10 bits per heavy atom. The maximum atomic E-state index is 12.6. The number of pyridine rings is 1. The van der Waals surface area contributed by atoms with Crippen molar-refractivity contribution in [2.75, 3.05) is 0 Å². The zero-order chi connectivity index (χ0) is 14.6. The number of aromatic nitrogens is 4. The van der Waals surface area contributed by atoms with Crippen LogP contribution < -0.4 is 0 Å². The van der Waals surface area contributed by atoms with Gasteiger partial charge in [0, 0.05) is 11.8 Å². The predicted octanol–water partition coefficient (Wildman–Crippen LogP) is 1.78. The molecule has 0 spiro atoms. The molecule has 3 heterocycles. The van der Waals surface area contributed by atoms with E-state index in [2.05, 4.69) is 15.3 Å². The van der Waals surface area contributed by atoms with E-state index in [0.717, 1.165) is 5.69 Å². The minimum Gasteiger partial charge on any atom is -0.260 e. The molecule has 6 nitrogen and oxygen atoms in total. The summed E-state index contributed by atoms with van der Waals surface area (Å²) in [6.07, 6.45) is 1.60. The topological polar surface area (TPSA) is 77.7 Å². The van der Waals surface area contributed by atoms with E-state index in [1.165, 1.54) is 0 Å². The van der Waals surface area contributed by atoms with Gasteiger partial charge in [-0.1, -0.05) is 23.4 Å². The van der Waals surface area contributed by atoms with Crippen LogP contribution in [-0.4, -0.2) is 28.4 Å². The summed E-state index contributed by atoms with van der Waals surface area (Å²) in [5.41, 5.74) is 2.35. The van der Waals surface area contributed by atoms with Crippen LogP contribution in [0.3, 0.4) is 0 Å². The normalized spacial score (nSPS) is 14.7. The molecule has 0 unspecified atom stereocenters. The van der Waals surface area contributed by atoms with Crippen molar-refractivity contribution in [1.82, 2.24) is 20.0 Å². The Morgan fingerprint density at radius 3 is 2.62 bits per heavy atom. The highest BCUT2D eigenvalue weighted by molar-refractivity contribution is 7.92. The van der Waals surface area contributed by atoms with Crippen molar-refractivity contribution in [3.05, 3.63) is 48.3 Å². The summed E-state index contributed by atoms with van der Waals surface area (Å²) < 4.78 is 26.7. The summed E-state index contributed by atoms with van der Waals surface area (Å²) >= 11 is 0. The largest absolute Gasteiger partial charge is 0.260 e. The Hall–Kier alpha value is -2.54. The van der Waals surface area contributed by atoms with Crippen molar-refractivity contribution in [2.45, 2.75) is 16.8 Å². The standard InChI is InChI=1S/C14H10N4O2S/c1-9-13-11(7-8-15-9)12-14(21(13,19)20)16-17-18(12)10-5-3-2-4-6-10/h2-8H,1H3. The lowest BCUT2D eigenvalue weighted by Crippen LogP contribution is -2.03. The summed E-state index contributed by atoms with van der Waals surface area (Å²) in [5.74, 6) is 0. The van der Waals surface area contributed by atoms with Gasteiger partial charge in [0.25, 0.3) is 0 Å². The van der Waals surface area contributed by atoms with E-state index in [4.69, 9.17) is 0 Å². The van der Waals surface area contributed by atoms with E-state index in [1.54, 1.807) is 23.9 Å². The number of hydrogen-bond donors (Lipinski definition) is 0. The van der Waals surface area contributed by atoms with Gasteiger partial charge < -0.3 is 0 Å². The lowest BCUT2D eigenvalue weighted by molar-refractivity contribution is 0.593. The Morgan fingerprint density at radius 2 is 1.86 bits per heavy atom. The third-order valence-corrected chi connectivity index (χ3v) is 5.34. The number of para-hydroxylation sites is 1.